The van der Waals surface area contributed by atoms with E-state index in [0.29, 0.717) is 49.5 Å². The van der Waals surface area contributed by atoms with Gasteiger partial charge in [-0.1, -0.05) is 50.5 Å². The van der Waals surface area contributed by atoms with Crippen LogP contribution in [-0.4, -0.2) is 78.4 Å². The molecule has 0 spiro atoms. The third kappa shape index (κ3) is 9.57. The van der Waals surface area contributed by atoms with Crippen molar-refractivity contribution in [3.8, 4) is 11.8 Å². The highest BCUT2D eigenvalue weighted by Gasteiger charge is 2.34. The van der Waals surface area contributed by atoms with E-state index in [0.717, 1.165) is 47.5 Å². The van der Waals surface area contributed by atoms with E-state index in [2.05, 4.69) is 51.8 Å². The minimum absolute atomic E-state index is 0.0865. The summed E-state index contributed by atoms with van der Waals surface area (Å²) in [6, 6.07) is 12.2. The second-order valence-electron chi connectivity index (χ2n) is 13.9. The van der Waals surface area contributed by atoms with E-state index in [9.17, 15) is 18.0 Å². The number of halogens is 3. The van der Waals surface area contributed by atoms with Crippen LogP contribution < -0.4 is 5.32 Å². The summed E-state index contributed by atoms with van der Waals surface area (Å²) in [5.41, 5.74) is 3.71. The average molecular weight is 691 g/mol. The molecule has 1 fully saturated rings. The van der Waals surface area contributed by atoms with Crippen molar-refractivity contribution < 1.29 is 22.7 Å². The molecule has 2 aromatic heterocycles. The van der Waals surface area contributed by atoms with Crippen LogP contribution in [0.1, 0.15) is 50.8 Å². The molecule has 0 unspecified atom stereocenters. The molecule has 12 heteroatoms. The number of ether oxygens (including phenoxy) is 1. The van der Waals surface area contributed by atoms with Crippen LogP contribution in [0, 0.1) is 18.8 Å². The average Bonchev–Trinajstić information content (AvgIpc) is 3.36. The number of alkyl halides is 3. The minimum atomic E-state index is -4.55. The highest BCUT2D eigenvalue weighted by atomic mass is 28.3. The zero-order valence-electron chi connectivity index (χ0n) is 29.2. The number of carbonyl (C=O) groups excluding carboxylic acids is 1. The SMILES string of the molecule is CCc1ccc(C(=O)Nc2ccc(CN3CCN(C)CC3)c(C(F)(F)F)c2)cc1C#Cc1cnc2c(c1)c(C)nn2COCC[Si](C)(C)C. The molecule has 3 heterocycles. The van der Waals surface area contributed by atoms with E-state index < -0.39 is 25.7 Å². The first-order valence-corrected chi connectivity index (χ1v) is 20.4. The summed E-state index contributed by atoms with van der Waals surface area (Å²) in [5.74, 6) is 5.86. The van der Waals surface area contributed by atoms with Crippen molar-refractivity contribution in [2.45, 2.75) is 65.4 Å². The lowest BCUT2D eigenvalue weighted by Gasteiger charge is -2.33. The Morgan fingerprint density at radius 1 is 1.02 bits per heavy atom. The van der Waals surface area contributed by atoms with Crippen molar-refractivity contribution in [1.29, 1.82) is 0 Å². The van der Waals surface area contributed by atoms with Crippen molar-refractivity contribution >= 4 is 30.7 Å². The summed E-state index contributed by atoms with van der Waals surface area (Å²) in [5, 5.41) is 8.16. The normalized spacial score (nSPS) is 14.6. The van der Waals surface area contributed by atoms with Crippen molar-refractivity contribution in [1.82, 2.24) is 24.6 Å². The first-order valence-electron chi connectivity index (χ1n) is 16.7. The fourth-order valence-electron chi connectivity index (χ4n) is 5.69. The molecular weight excluding hydrogens is 646 g/mol. The maximum Gasteiger partial charge on any atom is 0.416 e. The molecule has 1 N–H and O–H groups in total. The Kier molecular flexibility index (Phi) is 11.3. The standard InChI is InChI=1S/C37H45F3N6O2Si/c1-7-28-10-11-30(36(47)42-32-13-12-31(34(22-32)37(38,39)40)24-45-16-14-44(3)15-17-45)21-29(28)9-8-27-20-33-26(2)43-46(35(33)41-23-27)25-48-18-19-49(4,5)6/h10-13,20-23H,7,14-19,24-25H2,1-6H3,(H,42,47). The monoisotopic (exact) mass is 690 g/mol. The van der Waals surface area contributed by atoms with Gasteiger partial charge in [-0.05, 0) is 67.9 Å². The predicted molar refractivity (Wildman–Crippen MR) is 190 cm³/mol. The van der Waals surface area contributed by atoms with Crippen LogP contribution in [-0.2, 0) is 30.6 Å². The topological polar surface area (TPSA) is 75.5 Å². The van der Waals surface area contributed by atoms with Crippen LogP contribution in [0.3, 0.4) is 0 Å². The number of amides is 1. The lowest BCUT2D eigenvalue weighted by Crippen LogP contribution is -2.44. The van der Waals surface area contributed by atoms with Gasteiger partial charge in [0.1, 0.15) is 6.73 Å². The molecule has 1 aliphatic heterocycles. The number of hydrogen-bond donors (Lipinski definition) is 1. The van der Waals surface area contributed by atoms with E-state index in [1.54, 1.807) is 23.0 Å². The minimum Gasteiger partial charge on any atom is -0.359 e. The number of aromatic nitrogens is 3. The van der Waals surface area contributed by atoms with E-state index >= 15 is 0 Å². The molecule has 0 saturated carbocycles. The van der Waals surface area contributed by atoms with Crippen molar-refractivity contribution in [3.63, 3.8) is 0 Å². The van der Waals surface area contributed by atoms with Crippen molar-refractivity contribution in [3.05, 3.63) is 87.7 Å². The first-order chi connectivity index (χ1) is 23.2. The number of hydrogen-bond acceptors (Lipinski definition) is 6. The van der Waals surface area contributed by atoms with E-state index in [4.69, 9.17) is 4.74 Å². The van der Waals surface area contributed by atoms with Crippen LogP contribution in [0.25, 0.3) is 11.0 Å². The van der Waals surface area contributed by atoms with E-state index in [1.165, 1.54) is 12.1 Å². The number of rotatable bonds is 10. The van der Waals surface area contributed by atoms with E-state index in [1.807, 2.05) is 37.9 Å². The Bertz CT molecular complexity index is 1860. The van der Waals surface area contributed by atoms with Gasteiger partial charge < -0.3 is 15.0 Å². The molecule has 260 valence electrons. The van der Waals surface area contributed by atoms with Crippen LogP contribution in [0.4, 0.5) is 18.9 Å². The van der Waals surface area contributed by atoms with Gasteiger partial charge in [-0.3, -0.25) is 9.69 Å². The number of carbonyl (C=O) groups is 1. The molecule has 1 aliphatic rings. The maximum atomic E-state index is 14.1. The molecule has 0 bridgehead atoms. The van der Waals surface area contributed by atoms with Gasteiger partial charge in [-0.25, -0.2) is 9.67 Å². The first kappa shape index (κ1) is 36.3. The van der Waals surface area contributed by atoms with Gasteiger partial charge >= 0.3 is 6.18 Å². The summed E-state index contributed by atoms with van der Waals surface area (Å²) in [4.78, 5) is 22.1. The number of anilines is 1. The Labute approximate surface area is 287 Å². The zero-order valence-corrected chi connectivity index (χ0v) is 30.2. The van der Waals surface area contributed by atoms with E-state index in [-0.39, 0.29) is 17.8 Å². The number of piperazine rings is 1. The third-order valence-corrected chi connectivity index (χ3v) is 10.4. The molecule has 8 nitrogen and oxygen atoms in total. The number of benzene rings is 2. The summed E-state index contributed by atoms with van der Waals surface area (Å²) in [6.07, 6.45) is -2.16. The molecule has 49 heavy (non-hydrogen) atoms. The van der Waals surface area contributed by atoms with Crippen molar-refractivity contribution in [2.75, 3.05) is 45.2 Å². The number of fused-ring (bicyclic) bond motifs is 1. The molecule has 4 aromatic rings. The van der Waals surface area contributed by atoms with Crippen molar-refractivity contribution in [2.24, 2.45) is 0 Å². The Morgan fingerprint density at radius 2 is 1.76 bits per heavy atom. The van der Waals surface area contributed by atoms with Gasteiger partial charge in [0.25, 0.3) is 5.91 Å². The Morgan fingerprint density at radius 3 is 2.45 bits per heavy atom. The lowest BCUT2D eigenvalue weighted by molar-refractivity contribution is -0.138. The second kappa shape index (κ2) is 15.3. The molecular formula is C37H45F3N6O2Si. The molecule has 2 aromatic carbocycles. The number of aryl methyl sites for hydroxylation is 2. The number of pyridine rings is 1. The fraction of sp³-hybridized carbons (Fsp3) is 0.432. The molecule has 0 aliphatic carbocycles. The van der Waals surface area contributed by atoms with Gasteiger partial charge in [0, 0.05) is 81.4 Å². The predicted octanol–water partition coefficient (Wildman–Crippen LogP) is 7.03. The molecule has 1 saturated heterocycles. The lowest BCUT2D eigenvalue weighted by atomic mass is 10.0. The Balaban J connectivity index is 1.31. The quantitative estimate of drug-likeness (QED) is 0.109. The van der Waals surface area contributed by atoms with Gasteiger partial charge in [-0.15, -0.1) is 0 Å². The van der Waals surface area contributed by atoms with Gasteiger partial charge in [0.2, 0.25) is 0 Å². The van der Waals surface area contributed by atoms with Crippen LogP contribution >= 0.6 is 0 Å². The number of nitrogens with zero attached hydrogens (tertiary/aromatic N) is 5. The largest absolute Gasteiger partial charge is 0.416 e. The van der Waals surface area contributed by atoms with Crippen LogP contribution in [0.15, 0.2) is 48.7 Å². The maximum absolute atomic E-state index is 14.1. The number of nitrogens with one attached hydrogen (secondary N) is 1. The second-order valence-corrected chi connectivity index (χ2v) is 19.5. The highest BCUT2D eigenvalue weighted by Crippen LogP contribution is 2.35. The smallest absolute Gasteiger partial charge is 0.359 e. The highest BCUT2D eigenvalue weighted by molar-refractivity contribution is 6.76. The summed E-state index contributed by atoms with van der Waals surface area (Å²) in [7, 11) is 0.815. The number of likely N-dealkylation sites (N-methyl/N-ethyl adjacent to an activating group) is 1. The fourth-order valence-corrected chi connectivity index (χ4v) is 6.44. The molecule has 0 atom stereocenters. The summed E-state index contributed by atoms with van der Waals surface area (Å²) >= 11 is 0. The summed E-state index contributed by atoms with van der Waals surface area (Å²) in [6.45, 7) is 15.1. The van der Waals surface area contributed by atoms with Gasteiger partial charge in [0.05, 0.1) is 11.3 Å². The zero-order chi connectivity index (χ0) is 35.3. The van der Waals surface area contributed by atoms with Gasteiger partial charge in [0.15, 0.2) is 5.65 Å². The third-order valence-electron chi connectivity index (χ3n) is 8.74. The molecule has 5 rings (SSSR count). The van der Waals surface area contributed by atoms with Crippen LogP contribution in [0.5, 0.6) is 0 Å². The van der Waals surface area contributed by atoms with Crippen LogP contribution in [0.2, 0.25) is 25.7 Å². The summed E-state index contributed by atoms with van der Waals surface area (Å²) < 4.78 is 50.0. The Hall–Kier alpha value is -4.02. The molecule has 1 amide bonds. The van der Waals surface area contributed by atoms with Gasteiger partial charge in [-0.2, -0.15) is 18.3 Å². The molecule has 0 radical (unpaired) electrons.